The van der Waals surface area contributed by atoms with Crippen LogP contribution < -0.4 is 10.2 Å². The second-order valence-electron chi connectivity index (χ2n) is 5.80. The van der Waals surface area contributed by atoms with Gasteiger partial charge in [-0.1, -0.05) is 35.3 Å². The molecule has 2 rings (SSSR count). The lowest BCUT2D eigenvalue weighted by Crippen LogP contribution is -2.37. The number of aryl methyl sites for hydroxylation is 2. The van der Waals surface area contributed by atoms with Crippen LogP contribution in [0, 0.1) is 13.8 Å². The Bertz CT molecular complexity index is 806. The number of carbonyl (C=O) groups excluding carboxylic acids is 2. The number of amides is 2. The Morgan fingerprint density at radius 3 is 2.44 bits per heavy atom. The van der Waals surface area contributed by atoms with Crippen LogP contribution in [0.15, 0.2) is 36.4 Å². The van der Waals surface area contributed by atoms with Crippen molar-refractivity contribution in [3.63, 3.8) is 0 Å². The average molecular weight is 379 g/mol. The van der Waals surface area contributed by atoms with Crippen LogP contribution in [0.1, 0.15) is 28.4 Å². The van der Waals surface area contributed by atoms with Gasteiger partial charge in [-0.2, -0.15) is 0 Å². The van der Waals surface area contributed by atoms with Crippen molar-refractivity contribution in [3.05, 3.63) is 63.1 Å². The number of halogens is 2. The Hall–Kier alpha value is -2.04. The smallest absolute Gasteiger partial charge is 0.251 e. The fourth-order valence-electron chi connectivity index (χ4n) is 2.41. The van der Waals surface area contributed by atoms with Gasteiger partial charge in [-0.05, 0) is 49.2 Å². The maximum absolute atomic E-state index is 12.3. The molecule has 2 amide bonds. The molecule has 0 bridgehead atoms. The number of benzene rings is 2. The first-order chi connectivity index (χ1) is 11.8. The lowest BCUT2D eigenvalue weighted by Gasteiger charge is -2.23. The van der Waals surface area contributed by atoms with Crippen LogP contribution in [0.25, 0.3) is 0 Å². The maximum atomic E-state index is 12.3. The highest BCUT2D eigenvalue weighted by atomic mass is 35.5. The van der Waals surface area contributed by atoms with Crippen LogP contribution in [0.3, 0.4) is 0 Å². The number of anilines is 1. The van der Waals surface area contributed by atoms with E-state index in [4.69, 9.17) is 23.2 Å². The number of nitrogens with one attached hydrogen (secondary N) is 1. The van der Waals surface area contributed by atoms with Gasteiger partial charge >= 0.3 is 0 Å². The number of carbonyl (C=O) groups is 2. The van der Waals surface area contributed by atoms with Crippen LogP contribution in [0.4, 0.5) is 5.69 Å². The van der Waals surface area contributed by atoms with Crippen molar-refractivity contribution in [3.8, 4) is 0 Å². The molecule has 0 saturated carbocycles. The quantitative estimate of drug-likeness (QED) is 0.838. The lowest BCUT2D eigenvalue weighted by atomic mass is 10.1. The van der Waals surface area contributed by atoms with Gasteiger partial charge in [0.2, 0.25) is 5.91 Å². The van der Waals surface area contributed by atoms with Crippen molar-refractivity contribution in [2.45, 2.75) is 20.8 Å². The Morgan fingerprint density at radius 2 is 1.80 bits per heavy atom. The summed E-state index contributed by atoms with van der Waals surface area (Å²) in [5.74, 6) is -0.353. The zero-order valence-electron chi connectivity index (χ0n) is 14.4. The summed E-state index contributed by atoms with van der Waals surface area (Å²) < 4.78 is 0. The van der Waals surface area contributed by atoms with Gasteiger partial charge in [-0.3, -0.25) is 9.59 Å². The zero-order valence-corrected chi connectivity index (χ0v) is 15.9. The van der Waals surface area contributed by atoms with E-state index in [9.17, 15) is 9.59 Å². The third kappa shape index (κ3) is 4.74. The van der Waals surface area contributed by atoms with Crippen molar-refractivity contribution in [1.82, 2.24) is 5.32 Å². The minimum absolute atomic E-state index is 0.176. The van der Waals surface area contributed by atoms with E-state index in [1.165, 1.54) is 11.8 Å². The molecular weight excluding hydrogens is 359 g/mol. The molecule has 0 heterocycles. The molecule has 2 aromatic rings. The summed E-state index contributed by atoms with van der Waals surface area (Å²) in [6.07, 6.45) is 0. The molecular formula is C19H20Cl2N2O2. The number of hydrogen-bond acceptors (Lipinski definition) is 2. The molecule has 0 fully saturated rings. The Morgan fingerprint density at radius 1 is 1.08 bits per heavy atom. The van der Waals surface area contributed by atoms with Crippen molar-refractivity contribution in [2.75, 3.05) is 18.0 Å². The molecule has 4 nitrogen and oxygen atoms in total. The average Bonchev–Trinajstić information content (AvgIpc) is 2.56. The monoisotopic (exact) mass is 378 g/mol. The molecule has 2 aromatic carbocycles. The summed E-state index contributed by atoms with van der Waals surface area (Å²) in [6, 6.07) is 10.7. The van der Waals surface area contributed by atoms with E-state index in [-0.39, 0.29) is 11.8 Å². The first-order valence-electron chi connectivity index (χ1n) is 7.89. The van der Waals surface area contributed by atoms with Gasteiger partial charge in [0.25, 0.3) is 5.91 Å². The summed E-state index contributed by atoms with van der Waals surface area (Å²) >= 11 is 12.2. The fourth-order valence-corrected chi connectivity index (χ4v) is 2.81. The first kappa shape index (κ1) is 19.3. The van der Waals surface area contributed by atoms with Crippen LogP contribution in [0.5, 0.6) is 0 Å². The van der Waals surface area contributed by atoms with Crippen molar-refractivity contribution in [2.24, 2.45) is 0 Å². The third-order valence-corrected chi connectivity index (χ3v) is 4.80. The summed E-state index contributed by atoms with van der Waals surface area (Å²) in [5, 5.41) is 3.52. The Balaban J connectivity index is 2.04. The fraction of sp³-hybridized carbons (Fsp3) is 0.263. The summed E-state index contributed by atoms with van der Waals surface area (Å²) in [6.45, 7) is 6.00. The van der Waals surface area contributed by atoms with Gasteiger partial charge in [-0.25, -0.2) is 0 Å². The normalized spacial score (nSPS) is 10.4. The van der Waals surface area contributed by atoms with E-state index < -0.39 is 0 Å². The second-order valence-corrected chi connectivity index (χ2v) is 6.58. The molecule has 1 N–H and O–H groups in total. The second kappa shape index (κ2) is 8.37. The van der Waals surface area contributed by atoms with E-state index >= 15 is 0 Å². The SMILES string of the molecule is CC(=O)N(CCNC(=O)c1ccc(C)c(C)c1)c1cccc(Cl)c1Cl. The minimum Gasteiger partial charge on any atom is -0.350 e. The number of nitrogens with zero attached hydrogens (tertiary/aromatic N) is 1. The van der Waals surface area contributed by atoms with E-state index in [1.807, 2.05) is 26.0 Å². The predicted molar refractivity (Wildman–Crippen MR) is 103 cm³/mol. The van der Waals surface area contributed by atoms with E-state index in [0.29, 0.717) is 34.4 Å². The van der Waals surface area contributed by atoms with Gasteiger partial charge in [0.1, 0.15) is 0 Å². The molecule has 0 unspecified atom stereocenters. The highest BCUT2D eigenvalue weighted by molar-refractivity contribution is 6.44. The highest BCUT2D eigenvalue weighted by Gasteiger charge is 2.16. The highest BCUT2D eigenvalue weighted by Crippen LogP contribution is 2.32. The molecule has 0 aliphatic carbocycles. The van der Waals surface area contributed by atoms with Crippen molar-refractivity contribution < 1.29 is 9.59 Å². The number of rotatable bonds is 5. The first-order valence-corrected chi connectivity index (χ1v) is 8.64. The van der Waals surface area contributed by atoms with Crippen LogP contribution >= 0.6 is 23.2 Å². The molecule has 0 aliphatic rings. The van der Waals surface area contributed by atoms with Crippen LogP contribution in [-0.2, 0) is 4.79 Å². The van der Waals surface area contributed by atoms with Gasteiger partial charge in [-0.15, -0.1) is 0 Å². The third-order valence-electron chi connectivity index (χ3n) is 3.99. The van der Waals surface area contributed by atoms with E-state index in [0.717, 1.165) is 11.1 Å². The van der Waals surface area contributed by atoms with Crippen LogP contribution in [-0.4, -0.2) is 24.9 Å². The molecule has 0 spiro atoms. The molecule has 0 atom stereocenters. The van der Waals surface area contributed by atoms with E-state index in [2.05, 4.69) is 5.32 Å². The topological polar surface area (TPSA) is 49.4 Å². The Kier molecular flexibility index (Phi) is 6.45. The summed E-state index contributed by atoms with van der Waals surface area (Å²) in [7, 11) is 0. The summed E-state index contributed by atoms with van der Waals surface area (Å²) in [4.78, 5) is 25.7. The Labute approximate surface area is 157 Å². The van der Waals surface area contributed by atoms with Crippen molar-refractivity contribution in [1.29, 1.82) is 0 Å². The number of hydrogen-bond donors (Lipinski definition) is 1. The lowest BCUT2D eigenvalue weighted by molar-refractivity contribution is -0.116. The summed E-state index contributed by atoms with van der Waals surface area (Å²) in [5.41, 5.74) is 3.32. The molecule has 0 saturated heterocycles. The molecule has 0 radical (unpaired) electrons. The van der Waals surface area contributed by atoms with Crippen molar-refractivity contribution >= 4 is 40.7 Å². The standard InChI is InChI=1S/C19H20Cl2N2O2/c1-12-7-8-15(11-13(12)2)19(25)22-9-10-23(14(3)24)17-6-4-5-16(20)18(17)21/h4-8,11H,9-10H2,1-3H3,(H,22,25). The van der Waals surface area contributed by atoms with Gasteiger partial charge in [0.15, 0.2) is 0 Å². The zero-order chi connectivity index (χ0) is 18.6. The van der Waals surface area contributed by atoms with Gasteiger partial charge < -0.3 is 10.2 Å². The van der Waals surface area contributed by atoms with Crippen LogP contribution in [0.2, 0.25) is 10.0 Å². The molecule has 132 valence electrons. The molecule has 0 aliphatic heterocycles. The van der Waals surface area contributed by atoms with Gasteiger partial charge in [0.05, 0.1) is 15.7 Å². The largest absolute Gasteiger partial charge is 0.350 e. The molecule has 0 aromatic heterocycles. The van der Waals surface area contributed by atoms with E-state index in [1.54, 1.807) is 24.3 Å². The maximum Gasteiger partial charge on any atom is 0.251 e. The molecule has 6 heteroatoms. The minimum atomic E-state index is -0.177. The predicted octanol–water partition coefficient (Wildman–Crippen LogP) is 4.39. The molecule has 25 heavy (non-hydrogen) atoms. The van der Waals surface area contributed by atoms with Gasteiger partial charge in [0, 0.05) is 25.6 Å².